The van der Waals surface area contributed by atoms with Crippen molar-refractivity contribution in [2.24, 2.45) is 4.99 Å². The molecular weight excluding hydrogens is 502 g/mol. The van der Waals surface area contributed by atoms with Crippen molar-refractivity contribution in [3.63, 3.8) is 0 Å². The van der Waals surface area contributed by atoms with Crippen LogP contribution < -0.4 is 4.90 Å². The third kappa shape index (κ3) is 5.63. The monoisotopic (exact) mass is 531 g/mol. The molecule has 1 saturated heterocycles. The van der Waals surface area contributed by atoms with Gasteiger partial charge in [-0.25, -0.2) is 4.79 Å². The van der Waals surface area contributed by atoms with Crippen LogP contribution in [-0.4, -0.2) is 35.9 Å². The maximum Gasteiger partial charge on any atom is 0.340 e. The number of esters is 1. The summed E-state index contributed by atoms with van der Waals surface area (Å²) in [5.74, 6) is -0.621. The van der Waals surface area contributed by atoms with Crippen molar-refractivity contribution in [1.82, 2.24) is 4.90 Å². The average molecular weight is 532 g/mol. The van der Waals surface area contributed by atoms with Crippen molar-refractivity contribution in [3.05, 3.63) is 126 Å². The highest BCUT2D eigenvalue weighted by Gasteiger charge is 2.34. The SMILES string of the molecule is CCOC(=O)c1ccccc1/N=C1\O/C(=C/c2ccc(N(c3ccccc3)c3ccccc3)cc2)C(=O)N1CC. The number of benzene rings is 4. The van der Waals surface area contributed by atoms with Gasteiger partial charge in [0.2, 0.25) is 0 Å². The molecule has 1 aliphatic heterocycles. The van der Waals surface area contributed by atoms with Gasteiger partial charge in [-0.05, 0) is 74.0 Å². The number of hydrogen-bond donors (Lipinski definition) is 0. The summed E-state index contributed by atoms with van der Waals surface area (Å²) in [6.07, 6.45) is 1.70. The molecule has 40 heavy (non-hydrogen) atoms. The Balaban J connectivity index is 1.43. The van der Waals surface area contributed by atoms with E-state index in [0.29, 0.717) is 17.8 Å². The second kappa shape index (κ2) is 12.1. The van der Waals surface area contributed by atoms with Crippen LogP contribution in [0.3, 0.4) is 0 Å². The second-order valence-electron chi connectivity index (χ2n) is 8.89. The van der Waals surface area contributed by atoms with Crippen molar-refractivity contribution in [2.45, 2.75) is 13.8 Å². The number of ether oxygens (including phenoxy) is 2. The topological polar surface area (TPSA) is 71.4 Å². The summed E-state index contributed by atoms with van der Waals surface area (Å²) in [7, 11) is 0. The number of likely N-dealkylation sites (N-methyl/N-ethyl adjacent to an activating group) is 1. The van der Waals surface area contributed by atoms with Crippen molar-refractivity contribution >= 4 is 46.7 Å². The zero-order chi connectivity index (χ0) is 27.9. The minimum atomic E-state index is -0.481. The molecule has 0 atom stereocenters. The van der Waals surface area contributed by atoms with Crippen molar-refractivity contribution in [1.29, 1.82) is 0 Å². The van der Waals surface area contributed by atoms with E-state index in [1.807, 2.05) is 67.6 Å². The number of amidine groups is 1. The van der Waals surface area contributed by atoms with Gasteiger partial charge in [-0.3, -0.25) is 9.69 Å². The molecule has 7 nitrogen and oxygen atoms in total. The van der Waals surface area contributed by atoms with Crippen LogP contribution in [0.25, 0.3) is 6.08 Å². The molecule has 0 aliphatic carbocycles. The second-order valence-corrected chi connectivity index (χ2v) is 8.89. The van der Waals surface area contributed by atoms with Gasteiger partial charge in [0.1, 0.15) is 0 Å². The van der Waals surface area contributed by atoms with Gasteiger partial charge in [0.15, 0.2) is 5.76 Å². The molecule has 1 aliphatic rings. The molecule has 1 amide bonds. The Morgan fingerprint density at radius 2 is 1.40 bits per heavy atom. The Morgan fingerprint density at radius 1 is 0.825 bits per heavy atom. The standard InChI is InChI=1S/C33H29N3O4/c1-3-35-31(37)30(40-33(35)34-29-18-12-11-17-28(29)32(38)39-4-2)23-24-19-21-27(22-20-24)36(25-13-7-5-8-14-25)26-15-9-6-10-16-26/h5-23H,3-4H2,1-2H3/b30-23+,34-33-. The first-order valence-corrected chi connectivity index (χ1v) is 13.2. The number of anilines is 3. The number of carbonyl (C=O) groups is 2. The van der Waals surface area contributed by atoms with Gasteiger partial charge in [0.25, 0.3) is 5.91 Å². The number of rotatable bonds is 8. The Labute approximate surface area is 233 Å². The summed E-state index contributed by atoms with van der Waals surface area (Å²) in [6.45, 7) is 4.19. The fourth-order valence-corrected chi connectivity index (χ4v) is 4.40. The van der Waals surface area contributed by atoms with Crippen LogP contribution in [0.4, 0.5) is 22.7 Å². The lowest BCUT2D eigenvalue weighted by Crippen LogP contribution is -2.29. The van der Waals surface area contributed by atoms with Gasteiger partial charge in [-0.1, -0.05) is 60.7 Å². The van der Waals surface area contributed by atoms with Crippen molar-refractivity contribution < 1.29 is 19.1 Å². The van der Waals surface area contributed by atoms with E-state index in [1.54, 1.807) is 37.3 Å². The summed E-state index contributed by atoms with van der Waals surface area (Å²) in [5.41, 5.74) is 4.53. The van der Waals surface area contributed by atoms with Gasteiger partial charge >= 0.3 is 12.0 Å². The largest absolute Gasteiger partial charge is 0.462 e. The number of nitrogens with zero attached hydrogens (tertiary/aromatic N) is 3. The molecule has 0 spiro atoms. The van der Waals surface area contributed by atoms with Gasteiger partial charge in [-0.15, -0.1) is 0 Å². The minimum absolute atomic E-state index is 0.117. The maximum atomic E-state index is 13.2. The summed E-state index contributed by atoms with van der Waals surface area (Å²) >= 11 is 0. The Kier molecular flexibility index (Phi) is 8.02. The molecule has 200 valence electrons. The highest BCUT2D eigenvalue weighted by molar-refractivity contribution is 6.12. The minimum Gasteiger partial charge on any atom is -0.462 e. The fourth-order valence-electron chi connectivity index (χ4n) is 4.40. The first-order chi connectivity index (χ1) is 19.6. The van der Waals surface area contributed by atoms with Crippen LogP contribution >= 0.6 is 0 Å². The van der Waals surface area contributed by atoms with Gasteiger partial charge < -0.3 is 14.4 Å². The highest BCUT2D eigenvalue weighted by atomic mass is 16.5. The molecule has 1 fully saturated rings. The van der Waals surface area contributed by atoms with Crippen LogP contribution in [0, 0.1) is 0 Å². The molecular formula is C33H29N3O4. The zero-order valence-corrected chi connectivity index (χ0v) is 22.4. The zero-order valence-electron chi connectivity index (χ0n) is 22.4. The molecule has 0 saturated carbocycles. The van der Waals surface area contributed by atoms with Crippen LogP contribution in [0.5, 0.6) is 0 Å². The van der Waals surface area contributed by atoms with E-state index in [0.717, 1.165) is 22.6 Å². The Morgan fingerprint density at radius 3 is 2.00 bits per heavy atom. The molecule has 0 N–H and O–H groups in total. The molecule has 0 radical (unpaired) electrons. The molecule has 0 aromatic heterocycles. The van der Waals surface area contributed by atoms with Gasteiger partial charge in [0.05, 0.1) is 17.9 Å². The molecule has 4 aromatic rings. The van der Waals surface area contributed by atoms with E-state index in [2.05, 4.69) is 34.2 Å². The highest BCUT2D eigenvalue weighted by Crippen LogP contribution is 2.34. The van der Waals surface area contributed by atoms with Crippen molar-refractivity contribution in [3.8, 4) is 0 Å². The Hall–Kier alpha value is -5.17. The molecule has 0 unspecified atom stereocenters. The molecule has 7 heteroatoms. The Bertz CT molecular complexity index is 1510. The number of hydrogen-bond acceptors (Lipinski definition) is 6. The predicted octanol–water partition coefficient (Wildman–Crippen LogP) is 7.24. The van der Waals surface area contributed by atoms with E-state index in [9.17, 15) is 9.59 Å². The predicted molar refractivity (Wildman–Crippen MR) is 157 cm³/mol. The van der Waals surface area contributed by atoms with Crippen LogP contribution in [-0.2, 0) is 14.3 Å². The first kappa shape index (κ1) is 26.4. The first-order valence-electron chi connectivity index (χ1n) is 13.2. The lowest BCUT2D eigenvalue weighted by molar-refractivity contribution is -0.122. The summed E-state index contributed by atoms with van der Waals surface area (Å²) < 4.78 is 11.1. The van der Waals surface area contributed by atoms with E-state index >= 15 is 0 Å². The number of aliphatic imine (C=N–C) groups is 1. The van der Waals surface area contributed by atoms with Gasteiger partial charge in [-0.2, -0.15) is 4.99 Å². The van der Waals surface area contributed by atoms with E-state index in [4.69, 9.17) is 9.47 Å². The maximum absolute atomic E-state index is 13.2. The molecule has 5 rings (SSSR count). The summed E-state index contributed by atoms with van der Waals surface area (Å²) in [6, 6.07) is 35.1. The fraction of sp³-hybridized carbons (Fsp3) is 0.121. The lowest BCUT2D eigenvalue weighted by Gasteiger charge is -2.25. The quantitative estimate of drug-likeness (QED) is 0.177. The normalized spacial score (nSPS) is 14.8. The van der Waals surface area contributed by atoms with Gasteiger partial charge in [0, 0.05) is 23.6 Å². The van der Waals surface area contributed by atoms with E-state index in [1.165, 1.54) is 4.90 Å². The third-order valence-corrected chi connectivity index (χ3v) is 6.30. The van der Waals surface area contributed by atoms with Crippen LogP contribution in [0.15, 0.2) is 120 Å². The number of amides is 1. The smallest absolute Gasteiger partial charge is 0.340 e. The summed E-state index contributed by atoms with van der Waals surface area (Å²) in [5, 5.41) is 0. The average Bonchev–Trinajstić information content (AvgIpc) is 3.28. The molecule has 1 heterocycles. The summed E-state index contributed by atoms with van der Waals surface area (Å²) in [4.78, 5) is 33.7. The molecule has 0 bridgehead atoms. The van der Waals surface area contributed by atoms with Crippen LogP contribution in [0.1, 0.15) is 29.8 Å². The van der Waals surface area contributed by atoms with E-state index in [-0.39, 0.29) is 24.3 Å². The van der Waals surface area contributed by atoms with E-state index < -0.39 is 5.97 Å². The third-order valence-electron chi connectivity index (χ3n) is 6.30. The van der Waals surface area contributed by atoms with Crippen LogP contribution in [0.2, 0.25) is 0 Å². The molecule has 4 aromatic carbocycles. The lowest BCUT2D eigenvalue weighted by atomic mass is 10.1. The number of para-hydroxylation sites is 3. The number of carbonyl (C=O) groups excluding carboxylic acids is 2. The van der Waals surface area contributed by atoms with Crippen molar-refractivity contribution in [2.75, 3.05) is 18.1 Å².